The Morgan fingerprint density at radius 1 is 1.03 bits per heavy atom. The number of nitrogens with zero attached hydrogens (tertiary/aromatic N) is 2. The highest BCUT2D eigenvalue weighted by molar-refractivity contribution is 7.98. The van der Waals surface area contributed by atoms with Gasteiger partial charge in [-0.25, -0.2) is 0 Å². The Labute approximate surface area is 193 Å². The highest BCUT2D eigenvalue weighted by atomic mass is 32.2. The number of fused-ring (bicyclic) bond motifs is 2. The van der Waals surface area contributed by atoms with Crippen molar-refractivity contribution in [3.8, 4) is 22.6 Å². The van der Waals surface area contributed by atoms with Crippen molar-refractivity contribution in [2.45, 2.75) is 18.0 Å². The third-order valence-corrected chi connectivity index (χ3v) is 6.70. The Kier molecular flexibility index (Phi) is 6.02. The molecule has 0 fully saturated rings. The number of hydrogen-bond acceptors (Lipinski definition) is 5. The SMILES string of the molecule is COc1cc(-c2ccc(SC)cc2)cc2c1OCCN(Cc1cccc3ncccc13)C2. The quantitative estimate of drug-likeness (QED) is 0.353. The van der Waals surface area contributed by atoms with Crippen LogP contribution in [-0.4, -0.2) is 36.4 Å². The molecule has 5 heteroatoms. The Bertz CT molecular complexity index is 1240. The lowest BCUT2D eigenvalue weighted by molar-refractivity contribution is 0.217. The molecule has 0 amide bonds. The topological polar surface area (TPSA) is 34.6 Å². The van der Waals surface area contributed by atoms with E-state index in [-0.39, 0.29) is 0 Å². The van der Waals surface area contributed by atoms with Crippen LogP contribution in [0.3, 0.4) is 0 Å². The minimum Gasteiger partial charge on any atom is -0.493 e. The smallest absolute Gasteiger partial charge is 0.165 e. The first kappa shape index (κ1) is 20.9. The van der Waals surface area contributed by atoms with Gasteiger partial charge in [0.15, 0.2) is 11.5 Å². The lowest BCUT2D eigenvalue weighted by Crippen LogP contribution is -2.25. The normalized spacial score (nSPS) is 13.9. The Morgan fingerprint density at radius 2 is 1.91 bits per heavy atom. The third kappa shape index (κ3) is 4.18. The van der Waals surface area contributed by atoms with Crippen LogP contribution >= 0.6 is 11.8 Å². The summed E-state index contributed by atoms with van der Waals surface area (Å²) in [5.74, 6) is 1.65. The summed E-state index contributed by atoms with van der Waals surface area (Å²) in [5, 5.41) is 1.21. The number of hydrogen-bond donors (Lipinski definition) is 0. The van der Waals surface area contributed by atoms with Crippen molar-refractivity contribution in [1.82, 2.24) is 9.88 Å². The fraction of sp³-hybridized carbons (Fsp3) is 0.222. The maximum atomic E-state index is 6.17. The van der Waals surface area contributed by atoms with Crippen molar-refractivity contribution in [3.63, 3.8) is 0 Å². The first-order valence-corrected chi connectivity index (χ1v) is 12.0. The molecule has 0 N–H and O–H groups in total. The molecular formula is C27H26N2O2S. The molecule has 0 aliphatic carbocycles. The summed E-state index contributed by atoms with van der Waals surface area (Å²) in [7, 11) is 1.71. The highest BCUT2D eigenvalue weighted by Gasteiger charge is 2.21. The van der Waals surface area contributed by atoms with Crippen LogP contribution in [0.2, 0.25) is 0 Å². The minimum atomic E-state index is 0.633. The number of benzene rings is 3. The molecule has 4 nitrogen and oxygen atoms in total. The van der Waals surface area contributed by atoms with Crippen LogP contribution in [0, 0.1) is 0 Å². The standard InChI is InChI=1S/C27H26N2O2S/c1-30-26-16-21(19-8-10-23(32-2)11-9-19)15-22-18-29(13-14-31-27(22)26)17-20-5-3-7-25-24(20)6-4-12-28-25/h3-12,15-16H,13-14,17-18H2,1-2H3. The predicted molar refractivity (Wildman–Crippen MR) is 132 cm³/mol. The number of rotatable bonds is 5. The van der Waals surface area contributed by atoms with E-state index in [2.05, 4.69) is 76.8 Å². The van der Waals surface area contributed by atoms with Gasteiger partial charge in [0, 0.05) is 41.7 Å². The molecule has 162 valence electrons. The highest BCUT2D eigenvalue weighted by Crippen LogP contribution is 2.39. The maximum Gasteiger partial charge on any atom is 0.165 e. The molecular weight excluding hydrogens is 416 g/mol. The van der Waals surface area contributed by atoms with Gasteiger partial charge in [0.2, 0.25) is 0 Å². The molecule has 1 aliphatic rings. The van der Waals surface area contributed by atoms with E-state index in [1.165, 1.54) is 21.4 Å². The molecule has 0 atom stereocenters. The summed E-state index contributed by atoms with van der Waals surface area (Å²) in [4.78, 5) is 8.21. The molecule has 5 rings (SSSR count). The molecule has 0 spiro atoms. The number of ether oxygens (including phenoxy) is 2. The molecule has 0 saturated carbocycles. The molecule has 3 aromatic carbocycles. The molecule has 1 aromatic heterocycles. The van der Waals surface area contributed by atoms with Gasteiger partial charge in [-0.05, 0) is 59.3 Å². The van der Waals surface area contributed by atoms with Crippen LogP contribution in [0.5, 0.6) is 11.5 Å². The zero-order chi connectivity index (χ0) is 21.9. The summed E-state index contributed by atoms with van der Waals surface area (Å²) >= 11 is 1.75. The third-order valence-electron chi connectivity index (χ3n) is 5.95. The van der Waals surface area contributed by atoms with Gasteiger partial charge in [0.25, 0.3) is 0 Å². The van der Waals surface area contributed by atoms with Gasteiger partial charge in [-0.1, -0.05) is 30.3 Å². The first-order chi connectivity index (χ1) is 15.7. The predicted octanol–water partition coefficient (Wildman–Crippen LogP) is 6.03. The molecule has 1 aliphatic heterocycles. The summed E-state index contributed by atoms with van der Waals surface area (Å²) in [6.07, 6.45) is 3.94. The van der Waals surface area contributed by atoms with E-state index >= 15 is 0 Å². The van der Waals surface area contributed by atoms with Crippen LogP contribution in [-0.2, 0) is 13.1 Å². The van der Waals surface area contributed by atoms with Gasteiger partial charge in [-0.15, -0.1) is 11.8 Å². The largest absolute Gasteiger partial charge is 0.493 e. The molecule has 0 unspecified atom stereocenters. The number of aromatic nitrogens is 1. The van der Waals surface area contributed by atoms with Gasteiger partial charge in [0.05, 0.1) is 12.6 Å². The monoisotopic (exact) mass is 442 g/mol. The van der Waals surface area contributed by atoms with Crippen molar-refractivity contribution < 1.29 is 9.47 Å². The molecule has 0 saturated heterocycles. The van der Waals surface area contributed by atoms with Crippen molar-refractivity contribution in [3.05, 3.63) is 84.1 Å². The van der Waals surface area contributed by atoms with Crippen molar-refractivity contribution in [1.29, 1.82) is 0 Å². The summed E-state index contributed by atoms with van der Waals surface area (Å²) < 4.78 is 11.9. The van der Waals surface area contributed by atoms with E-state index in [1.54, 1.807) is 18.9 Å². The molecule has 2 heterocycles. The second kappa shape index (κ2) is 9.23. The summed E-state index contributed by atoms with van der Waals surface area (Å²) in [6.45, 7) is 3.14. The van der Waals surface area contributed by atoms with Gasteiger partial charge in [-0.2, -0.15) is 0 Å². The first-order valence-electron chi connectivity index (χ1n) is 10.8. The van der Waals surface area contributed by atoms with Crippen LogP contribution < -0.4 is 9.47 Å². The van der Waals surface area contributed by atoms with Crippen LogP contribution in [0.25, 0.3) is 22.0 Å². The Morgan fingerprint density at radius 3 is 2.72 bits per heavy atom. The zero-order valence-corrected chi connectivity index (χ0v) is 19.2. The van der Waals surface area contributed by atoms with E-state index in [1.807, 2.05) is 12.3 Å². The van der Waals surface area contributed by atoms with E-state index < -0.39 is 0 Å². The van der Waals surface area contributed by atoms with Crippen LogP contribution in [0.1, 0.15) is 11.1 Å². The fourth-order valence-electron chi connectivity index (χ4n) is 4.32. The lowest BCUT2D eigenvalue weighted by Gasteiger charge is -2.21. The zero-order valence-electron chi connectivity index (χ0n) is 18.4. The van der Waals surface area contributed by atoms with Gasteiger partial charge >= 0.3 is 0 Å². The van der Waals surface area contributed by atoms with Gasteiger partial charge in [-0.3, -0.25) is 9.88 Å². The van der Waals surface area contributed by atoms with E-state index in [0.29, 0.717) is 6.61 Å². The Hall–Kier alpha value is -3.02. The van der Waals surface area contributed by atoms with E-state index in [4.69, 9.17) is 9.47 Å². The summed E-state index contributed by atoms with van der Waals surface area (Å²) in [6, 6.07) is 23.5. The molecule has 4 aromatic rings. The van der Waals surface area contributed by atoms with E-state index in [0.717, 1.165) is 47.8 Å². The number of methoxy groups -OCH3 is 1. The van der Waals surface area contributed by atoms with Crippen LogP contribution in [0.15, 0.2) is 77.8 Å². The van der Waals surface area contributed by atoms with Crippen LogP contribution in [0.4, 0.5) is 0 Å². The van der Waals surface area contributed by atoms with E-state index in [9.17, 15) is 0 Å². The maximum absolute atomic E-state index is 6.17. The molecule has 32 heavy (non-hydrogen) atoms. The lowest BCUT2D eigenvalue weighted by atomic mass is 10.0. The average Bonchev–Trinajstić information content (AvgIpc) is 3.05. The van der Waals surface area contributed by atoms with Crippen molar-refractivity contribution >= 4 is 22.7 Å². The molecule has 0 radical (unpaired) electrons. The fourth-order valence-corrected chi connectivity index (χ4v) is 4.73. The number of thioether (sulfide) groups is 1. The average molecular weight is 443 g/mol. The van der Waals surface area contributed by atoms with Gasteiger partial charge < -0.3 is 9.47 Å². The number of pyridine rings is 1. The van der Waals surface area contributed by atoms with Crippen molar-refractivity contribution in [2.24, 2.45) is 0 Å². The minimum absolute atomic E-state index is 0.633. The van der Waals surface area contributed by atoms with Gasteiger partial charge in [0.1, 0.15) is 6.61 Å². The second-order valence-electron chi connectivity index (χ2n) is 7.94. The molecule has 0 bridgehead atoms. The Balaban J connectivity index is 1.48. The second-order valence-corrected chi connectivity index (χ2v) is 8.82. The van der Waals surface area contributed by atoms with Crippen molar-refractivity contribution in [2.75, 3.05) is 26.5 Å². The summed E-state index contributed by atoms with van der Waals surface area (Å²) in [5.41, 5.74) is 5.81.